The summed E-state index contributed by atoms with van der Waals surface area (Å²) >= 11 is 5.82. The average molecular weight is 263 g/mol. The summed E-state index contributed by atoms with van der Waals surface area (Å²) < 4.78 is 0. The summed E-state index contributed by atoms with van der Waals surface area (Å²) in [6, 6.07) is 12.3. The molecule has 0 aliphatic rings. The number of hydrogen-bond acceptors (Lipinski definition) is 3. The Balaban J connectivity index is 2.42. The first-order valence-electron chi connectivity index (χ1n) is 5.27. The van der Waals surface area contributed by atoms with Gasteiger partial charge in [0.05, 0.1) is 5.56 Å². The van der Waals surface area contributed by atoms with Crippen LogP contribution >= 0.6 is 11.6 Å². The average Bonchev–Trinajstić information content (AvgIpc) is 2.38. The zero-order valence-electron chi connectivity index (χ0n) is 9.67. The SMILES string of the molecule is CN(c1ccccc1)c1cc(C(=O)O)cc(Cl)n1. The van der Waals surface area contributed by atoms with E-state index in [-0.39, 0.29) is 10.7 Å². The third-order valence-corrected chi connectivity index (χ3v) is 2.71. The second-order valence-corrected chi connectivity index (χ2v) is 4.12. The topological polar surface area (TPSA) is 53.4 Å². The monoisotopic (exact) mass is 262 g/mol. The van der Waals surface area contributed by atoms with Crippen molar-refractivity contribution < 1.29 is 9.90 Å². The van der Waals surface area contributed by atoms with Crippen molar-refractivity contribution >= 4 is 29.1 Å². The summed E-state index contributed by atoms with van der Waals surface area (Å²) in [6.07, 6.45) is 0. The molecule has 0 atom stereocenters. The molecule has 1 N–H and O–H groups in total. The van der Waals surface area contributed by atoms with E-state index in [1.165, 1.54) is 12.1 Å². The quantitative estimate of drug-likeness (QED) is 0.863. The number of carboxylic acids is 1. The van der Waals surface area contributed by atoms with E-state index >= 15 is 0 Å². The van der Waals surface area contributed by atoms with Crippen LogP contribution < -0.4 is 4.90 Å². The van der Waals surface area contributed by atoms with Crippen LogP contribution in [0.1, 0.15) is 10.4 Å². The van der Waals surface area contributed by atoms with Gasteiger partial charge in [0.15, 0.2) is 0 Å². The van der Waals surface area contributed by atoms with Crippen molar-refractivity contribution in [3.8, 4) is 0 Å². The molecule has 0 saturated carbocycles. The van der Waals surface area contributed by atoms with Crippen LogP contribution in [0.15, 0.2) is 42.5 Å². The maximum Gasteiger partial charge on any atom is 0.335 e. The Morgan fingerprint density at radius 2 is 1.94 bits per heavy atom. The molecule has 1 heterocycles. The second kappa shape index (κ2) is 5.06. The smallest absolute Gasteiger partial charge is 0.335 e. The minimum atomic E-state index is -1.03. The number of hydrogen-bond donors (Lipinski definition) is 1. The van der Waals surface area contributed by atoms with Crippen molar-refractivity contribution in [3.05, 3.63) is 53.2 Å². The Hall–Kier alpha value is -2.07. The molecule has 1 aromatic carbocycles. The predicted molar refractivity (Wildman–Crippen MR) is 70.7 cm³/mol. The number of aromatic nitrogens is 1. The van der Waals surface area contributed by atoms with Gasteiger partial charge in [0.1, 0.15) is 11.0 Å². The molecule has 18 heavy (non-hydrogen) atoms. The first-order chi connectivity index (χ1) is 8.58. The lowest BCUT2D eigenvalue weighted by molar-refractivity contribution is 0.0697. The van der Waals surface area contributed by atoms with Crippen molar-refractivity contribution in [2.45, 2.75) is 0 Å². The van der Waals surface area contributed by atoms with E-state index in [0.29, 0.717) is 5.82 Å². The molecule has 2 rings (SSSR count). The molecule has 0 saturated heterocycles. The standard InChI is InChI=1S/C13H11ClN2O2/c1-16(10-5-3-2-4-6-10)12-8-9(13(17)18)7-11(14)15-12/h2-8H,1H3,(H,17,18). The van der Waals surface area contributed by atoms with Crippen LogP contribution in [0.2, 0.25) is 5.15 Å². The van der Waals surface area contributed by atoms with Crippen LogP contribution in [0.4, 0.5) is 11.5 Å². The number of pyridine rings is 1. The summed E-state index contributed by atoms with van der Waals surface area (Å²) in [5.41, 5.74) is 1.02. The molecule has 0 aliphatic heterocycles. The van der Waals surface area contributed by atoms with Gasteiger partial charge in [-0.1, -0.05) is 29.8 Å². The Bertz CT molecular complexity index is 572. The molecule has 0 amide bonds. The van der Waals surface area contributed by atoms with Crippen molar-refractivity contribution in [1.82, 2.24) is 4.98 Å². The fourth-order valence-corrected chi connectivity index (χ4v) is 1.77. The van der Waals surface area contributed by atoms with Crippen molar-refractivity contribution in [2.75, 3.05) is 11.9 Å². The minimum Gasteiger partial charge on any atom is -0.478 e. The molecule has 1 aromatic heterocycles. The Morgan fingerprint density at radius 1 is 1.28 bits per heavy atom. The van der Waals surface area contributed by atoms with Crippen molar-refractivity contribution in [1.29, 1.82) is 0 Å². The lowest BCUT2D eigenvalue weighted by atomic mass is 10.2. The summed E-state index contributed by atoms with van der Waals surface area (Å²) in [5, 5.41) is 9.14. The molecule has 2 aromatic rings. The molecule has 0 aliphatic carbocycles. The predicted octanol–water partition coefficient (Wildman–Crippen LogP) is 3.20. The molecule has 4 nitrogen and oxygen atoms in total. The molecular formula is C13H11ClN2O2. The fourth-order valence-electron chi connectivity index (χ4n) is 1.56. The summed E-state index contributed by atoms with van der Waals surface area (Å²) in [4.78, 5) is 16.9. The van der Waals surface area contributed by atoms with Gasteiger partial charge in [0, 0.05) is 12.7 Å². The highest BCUT2D eigenvalue weighted by atomic mass is 35.5. The van der Waals surface area contributed by atoms with Gasteiger partial charge in [-0.05, 0) is 24.3 Å². The highest BCUT2D eigenvalue weighted by molar-refractivity contribution is 6.29. The van der Waals surface area contributed by atoms with Crippen LogP contribution in [-0.4, -0.2) is 23.1 Å². The van der Waals surface area contributed by atoms with Gasteiger partial charge in [-0.3, -0.25) is 0 Å². The van der Waals surface area contributed by atoms with Crippen LogP contribution in [0.25, 0.3) is 0 Å². The van der Waals surface area contributed by atoms with Gasteiger partial charge in [0.25, 0.3) is 0 Å². The highest BCUT2D eigenvalue weighted by Crippen LogP contribution is 2.24. The van der Waals surface area contributed by atoms with Crippen molar-refractivity contribution in [3.63, 3.8) is 0 Å². The molecule has 0 fully saturated rings. The molecular weight excluding hydrogens is 252 g/mol. The first kappa shape index (κ1) is 12.4. The van der Waals surface area contributed by atoms with Gasteiger partial charge < -0.3 is 10.0 Å². The Labute approximate surface area is 109 Å². The maximum absolute atomic E-state index is 11.0. The number of anilines is 2. The van der Waals surface area contributed by atoms with Crippen LogP contribution in [0, 0.1) is 0 Å². The molecule has 0 unspecified atom stereocenters. The van der Waals surface area contributed by atoms with E-state index in [9.17, 15) is 4.79 Å². The van der Waals surface area contributed by atoms with E-state index in [1.807, 2.05) is 30.3 Å². The lowest BCUT2D eigenvalue weighted by Crippen LogP contribution is -2.12. The summed E-state index contributed by atoms with van der Waals surface area (Å²) in [6.45, 7) is 0. The molecule has 92 valence electrons. The maximum atomic E-state index is 11.0. The van der Waals surface area contributed by atoms with Gasteiger partial charge in [-0.2, -0.15) is 0 Å². The van der Waals surface area contributed by atoms with E-state index in [0.717, 1.165) is 5.69 Å². The summed E-state index contributed by atoms with van der Waals surface area (Å²) in [7, 11) is 1.81. The van der Waals surface area contributed by atoms with E-state index < -0.39 is 5.97 Å². The highest BCUT2D eigenvalue weighted by Gasteiger charge is 2.11. The number of aromatic carboxylic acids is 1. The van der Waals surface area contributed by atoms with Crippen LogP contribution in [0.3, 0.4) is 0 Å². The molecule has 0 radical (unpaired) electrons. The zero-order valence-corrected chi connectivity index (χ0v) is 10.4. The van der Waals surface area contributed by atoms with E-state index in [4.69, 9.17) is 16.7 Å². The zero-order chi connectivity index (χ0) is 13.1. The van der Waals surface area contributed by atoms with Crippen LogP contribution in [0.5, 0.6) is 0 Å². The van der Waals surface area contributed by atoms with Crippen LogP contribution in [-0.2, 0) is 0 Å². The van der Waals surface area contributed by atoms with Gasteiger partial charge in [-0.25, -0.2) is 9.78 Å². The molecule has 0 spiro atoms. The number of carboxylic acid groups (broad SMARTS) is 1. The number of benzene rings is 1. The fraction of sp³-hybridized carbons (Fsp3) is 0.0769. The summed E-state index contributed by atoms with van der Waals surface area (Å²) in [5.74, 6) is -0.534. The van der Waals surface area contributed by atoms with Gasteiger partial charge >= 0.3 is 5.97 Å². The number of halogens is 1. The first-order valence-corrected chi connectivity index (χ1v) is 5.65. The van der Waals surface area contributed by atoms with Crippen molar-refractivity contribution in [2.24, 2.45) is 0 Å². The van der Waals surface area contributed by atoms with Gasteiger partial charge in [0.2, 0.25) is 0 Å². The Morgan fingerprint density at radius 3 is 2.56 bits per heavy atom. The molecule has 5 heteroatoms. The van der Waals surface area contributed by atoms with E-state index in [1.54, 1.807) is 11.9 Å². The number of carbonyl (C=O) groups is 1. The van der Waals surface area contributed by atoms with Gasteiger partial charge in [-0.15, -0.1) is 0 Å². The minimum absolute atomic E-state index is 0.118. The van der Waals surface area contributed by atoms with E-state index in [2.05, 4.69) is 4.98 Å². The normalized spacial score (nSPS) is 10.1. The third-order valence-electron chi connectivity index (χ3n) is 2.51. The second-order valence-electron chi connectivity index (χ2n) is 3.74. The number of para-hydroxylation sites is 1. The largest absolute Gasteiger partial charge is 0.478 e. The third kappa shape index (κ3) is 2.60. The molecule has 0 bridgehead atoms. The Kier molecular flexibility index (Phi) is 3.48. The number of nitrogens with zero attached hydrogens (tertiary/aromatic N) is 2. The number of rotatable bonds is 3. The lowest BCUT2D eigenvalue weighted by Gasteiger charge is -2.18.